The van der Waals surface area contributed by atoms with Crippen LogP contribution < -0.4 is 10.2 Å². The number of carbonyl (C=O) groups excluding carboxylic acids is 2. The van der Waals surface area contributed by atoms with Gasteiger partial charge < -0.3 is 15.0 Å². The fourth-order valence-electron chi connectivity index (χ4n) is 3.39. The molecule has 2 amide bonds. The van der Waals surface area contributed by atoms with Gasteiger partial charge in [-0.1, -0.05) is 17.7 Å². The predicted molar refractivity (Wildman–Crippen MR) is 102 cm³/mol. The van der Waals surface area contributed by atoms with Gasteiger partial charge in [-0.25, -0.2) is 0 Å². The highest BCUT2D eigenvalue weighted by Gasteiger charge is 2.37. The highest BCUT2D eigenvalue weighted by molar-refractivity contribution is 6.31. The number of carbonyl (C=O) groups is 2. The van der Waals surface area contributed by atoms with Gasteiger partial charge in [-0.3, -0.25) is 14.5 Å². The van der Waals surface area contributed by atoms with E-state index in [-0.39, 0.29) is 11.8 Å². The summed E-state index contributed by atoms with van der Waals surface area (Å²) < 4.78 is 5.32. The van der Waals surface area contributed by atoms with Gasteiger partial charge in [-0.15, -0.1) is 0 Å². The molecule has 0 spiro atoms. The molecule has 2 saturated heterocycles. The summed E-state index contributed by atoms with van der Waals surface area (Å²) >= 11 is 6.16. The molecular weight excluding hydrogens is 354 g/mol. The molecule has 0 aliphatic carbocycles. The Morgan fingerprint density at radius 1 is 1.31 bits per heavy atom. The van der Waals surface area contributed by atoms with E-state index in [4.69, 9.17) is 16.3 Å². The van der Waals surface area contributed by atoms with Crippen molar-refractivity contribution in [2.24, 2.45) is 5.92 Å². The molecule has 1 atom stereocenters. The van der Waals surface area contributed by atoms with Crippen LogP contribution in [0.3, 0.4) is 0 Å². The highest BCUT2D eigenvalue weighted by atomic mass is 35.5. The van der Waals surface area contributed by atoms with Crippen molar-refractivity contribution >= 4 is 29.1 Å². The minimum Gasteiger partial charge on any atom is -0.379 e. The Bertz CT molecular complexity index is 661. The summed E-state index contributed by atoms with van der Waals surface area (Å²) in [5.74, 6) is -0.910. The van der Waals surface area contributed by atoms with Gasteiger partial charge in [0.25, 0.3) is 0 Å². The molecule has 2 heterocycles. The van der Waals surface area contributed by atoms with Crippen LogP contribution in [-0.4, -0.2) is 62.7 Å². The second-order valence-corrected chi connectivity index (χ2v) is 7.27. The number of morpholine rings is 1. The molecule has 142 valence electrons. The van der Waals surface area contributed by atoms with Gasteiger partial charge in [-0.05, 0) is 44.0 Å². The van der Waals surface area contributed by atoms with Crippen molar-refractivity contribution in [3.63, 3.8) is 0 Å². The number of aryl methyl sites for hydroxylation is 1. The molecule has 1 N–H and O–H groups in total. The molecule has 0 radical (unpaired) electrons. The van der Waals surface area contributed by atoms with Crippen LogP contribution in [0.2, 0.25) is 5.02 Å². The van der Waals surface area contributed by atoms with Crippen LogP contribution in [0.5, 0.6) is 0 Å². The van der Waals surface area contributed by atoms with Crippen molar-refractivity contribution in [3.05, 3.63) is 28.8 Å². The fourth-order valence-corrected chi connectivity index (χ4v) is 3.57. The topological polar surface area (TPSA) is 61.9 Å². The number of nitrogens with zero attached hydrogens (tertiary/aromatic N) is 2. The maximum atomic E-state index is 12.6. The highest BCUT2D eigenvalue weighted by Crippen LogP contribution is 2.28. The fraction of sp³-hybridized carbons (Fsp3) is 0.579. The number of halogens is 1. The number of anilines is 1. The number of amides is 2. The van der Waals surface area contributed by atoms with E-state index in [0.29, 0.717) is 24.5 Å². The molecule has 2 aliphatic rings. The van der Waals surface area contributed by atoms with E-state index in [0.717, 1.165) is 50.5 Å². The zero-order valence-corrected chi connectivity index (χ0v) is 15.9. The summed E-state index contributed by atoms with van der Waals surface area (Å²) in [5.41, 5.74) is 1.73. The Hall–Kier alpha value is -1.63. The molecule has 2 fully saturated rings. The Kier molecular flexibility index (Phi) is 6.51. The van der Waals surface area contributed by atoms with Gasteiger partial charge >= 0.3 is 0 Å². The minimum atomic E-state index is -0.599. The maximum Gasteiger partial charge on any atom is 0.239 e. The van der Waals surface area contributed by atoms with E-state index in [1.54, 1.807) is 11.0 Å². The summed E-state index contributed by atoms with van der Waals surface area (Å²) in [7, 11) is 0. The third-order valence-corrected chi connectivity index (χ3v) is 5.45. The average Bonchev–Trinajstić information content (AvgIpc) is 3.03. The van der Waals surface area contributed by atoms with Crippen LogP contribution in [0.25, 0.3) is 0 Å². The lowest BCUT2D eigenvalue weighted by Crippen LogP contribution is -2.40. The third kappa shape index (κ3) is 4.55. The summed E-state index contributed by atoms with van der Waals surface area (Å²) in [6, 6.07) is 5.56. The van der Waals surface area contributed by atoms with Gasteiger partial charge in [0.2, 0.25) is 11.8 Å². The summed E-state index contributed by atoms with van der Waals surface area (Å²) in [6.07, 6.45) is 1.42. The first-order valence-corrected chi connectivity index (χ1v) is 9.59. The van der Waals surface area contributed by atoms with Gasteiger partial charge in [0.15, 0.2) is 0 Å². The number of rotatable bonds is 6. The normalized spacial score (nSPS) is 21.2. The monoisotopic (exact) mass is 379 g/mol. The van der Waals surface area contributed by atoms with E-state index < -0.39 is 5.92 Å². The largest absolute Gasteiger partial charge is 0.379 e. The smallest absolute Gasteiger partial charge is 0.239 e. The summed E-state index contributed by atoms with van der Waals surface area (Å²) in [5, 5.41) is 3.55. The van der Waals surface area contributed by atoms with E-state index in [1.165, 1.54) is 0 Å². The molecule has 0 saturated carbocycles. The van der Waals surface area contributed by atoms with Crippen LogP contribution in [0, 0.1) is 12.8 Å². The van der Waals surface area contributed by atoms with Gasteiger partial charge in [0.05, 0.1) is 13.2 Å². The first-order chi connectivity index (χ1) is 12.6. The second kappa shape index (κ2) is 8.84. The van der Waals surface area contributed by atoms with Crippen molar-refractivity contribution in [2.75, 3.05) is 50.8 Å². The van der Waals surface area contributed by atoms with Crippen molar-refractivity contribution in [1.82, 2.24) is 10.2 Å². The van der Waals surface area contributed by atoms with Crippen LogP contribution >= 0.6 is 11.6 Å². The molecule has 1 aromatic rings. The van der Waals surface area contributed by atoms with E-state index in [2.05, 4.69) is 10.2 Å². The first-order valence-electron chi connectivity index (χ1n) is 9.21. The van der Waals surface area contributed by atoms with E-state index in [1.807, 2.05) is 19.1 Å². The van der Waals surface area contributed by atoms with Crippen molar-refractivity contribution in [3.8, 4) is 0 Å². The molecule has 0 bridgehead atoms. The molecule has 7 heteroatoms. The van der Waals surface area contributed by atoms with E-state index >= 15 is 0 Å². The molecule has 3 rings (SSSR count). The lowest BCUT2D eigenvalue weighted by molar-refractivity contribution is -0.132. The number of hydrogen-bond acceptors (Lipinski definition) is 4. The number of benzene rings is 1. The molecule has 26 heavy (non-hydrogen) atoms. The summed E-state index contributed by atoms with van der Waals surface area (Å²) in [6.45, 7) is 7.46. The minimum absolute atomic E-state index is 0.143. The first kappa shape index (κ1) is 19.1. The van der Waals surface area contributed by atoms with Crippen molar-refractivity contribution in [2.45, 2.75) is 19.8 Å². The van der Waals surface area contributed by atoms with Crippen LogP contribution in [-0.2, 0) is 14.3 Å². The standard InChI is InChI=1S/C19H26ClN3O3/c1-14-3-4-15(13-17(14)20)23-8-5-16(19(23)25)18(24)21-6-2-7-22-9-11-26-12-10-22/h3-4,13,16H,2,5-12H2,1H3,(H,21,24). The lowest BCUT2D eigenvalue weighted by atomic mass is 10.1. The van der Waals surface area contributed by atoms with Crippen LogP contribution in [0.4, 0.5) is 5.69 Å². The SMILES string of the molecule is Cc1ccc(N2CCC(C(=O)NCCCN3CCOCC3)C2=O)cc1Cl. The molecule has 1 unspecified atom stereocenters. The Labute approximate surface area is 159 Å². The van der Waals surface area contributed by atoms with Gasteiger partial charge in [0.1, 0.15) is 5.92 Å². The van der Waals surface area contributed by atoms with Gasteiger partial charge in [0, 0.05) is 36.9 Å². The Morgan fingerprint density at radius 2 is 2.08 bits per heavy atom. The lowest BCUT2D eigenvalue weighted by Gasteiger charge is -2.26. The van der Waals surface area contributed by atoms with E-state index in [9.17, 15) is 9.59 Å². The van der Waals surface area contributed by atoms with Crippen molar-refractivity contribution < 1.29 is 14.3 Å². The quantitative estimate of drug-likeness (QED) is 0.605. The molecular formula is C19H26ClN3O3. The number of ether oxygens (including phenoxy) is 1. The average molecular weight is 380 g/mol. The van der Waals surface area contributed by atoms with Crippen molar-refractivity contribution in [1.29, 1.82) is 0 Å². The third-order valence-electron chi connectivity index (χ3n) is 5.04. The van der Waals surface area contributed by atoms with Gasteiger partial charge in [-0.2, -0.15) is 0 Å². The Morgan fingerprint density at radius 3 is 2.81 bits per heavy atom. The zero-order valence-electron chi connectivity index (χ0n) is 15.2. The molecule has 1 aromatic carbocycles. The molecule has 2 aliphatic heterocycles. The maximum absolute atomic E-state index is 12.6. The molecule has 0 aromatic heterocycles. The Balaban J connectivity index is 1.46. The number of nitrogens with one attached hydrogen (secondary N) is 1. The zero-order chi connectivity index (χ0) is 18.5. The number of hydrogen-bond donors (Lipinski definition) is 1. The molecule has 6 nitrogen and oxygen atoms in total. The second-order valence-electron chi connectivity index (χ2n) is 6.86. The van der Waals surface area contributed by atoms with Crippen LogP contribution in [0.1, 0.15) is 18.4 Å². The predicted octanol–water partition coefficient (Wildman–Crippen LogP) is 1.84. The summed E-state index contributed by atoms with van der Waals surface area (Å²) in [4.78, 5) is 29.0. The van der Waals surface area contributed by atoms with Crippen LogP contribution in [0.15, 0.2) is 18.2 Å².